The second-order valence-corrected chi connectivity index (χ2v) is 10.7. The van der Waals surface area contributed by atoms with Gasteiger partial charge in [-0.1, -0.05) is 54.6 Å². The lowest BCUT2D eigenvalue weighted by Crippen LogP contribution is -2.53. The molecule has 3 fully saturated rings. The Bertz CT molecular complexity index is 1220. The second kappa shape index (κ2) is 10.4. The molecular weight excluding hydrogens is 462 g/mol. The van der Waals surface area contributed by atoms with Crippen LogP contribution in [0, 0.1) is 17.8 Å². The van der Waals surface area contributed by atoms with Gasteiger partial charge in [0.1, 0.15) is 12.2 Å². The highest BCUT2D eigenvalue weighted by Crippen LogP contribution is 2.50. The smallest absolute Gasteiger partial charge is 0.338 e. The summed E-state index contributed by atoms with van der Waals surface area (Å²) in [5.41, 5.74) is 2.31. The van der Waals surface area contributed by atoms with Crippen molar-refractivity contribution in [3.63, 3.8) is 0 Å². The maximum atomic E-state index is 13.1. The molecule has 190 valence electrons. The van der Waals surface area contributed by atoms with Crippen molar-refractivity contribution in [2.75, 3.05) is 11.4 Å². The molecule has 2 aliphatic carbocycles. The summed E-state index contributed by atoms with van der Waals surface area (Å²) in [4.78, 5) is 28.7. The molecule has 6 rings (SSSR count). The van der Waals surface area contributed by atoms with Crippen LogP contribution >= 0.6 is 0 Å². The Kier molecular flexibility index (Phi) is 6.69. The minimum atomic E-state index is -0.474. The molecule has 0 amide bonds. The molecule has 1 saturated heterocycles. The van der Waals surface area contributed by atoms with Gasteiger partial charge in [-0.3, -0.25) is 0 Å². The highest BCUT2D eigenvalue weighted by molar-refractivity contribution is 5.90. The number of ether oxygens (including phenoxy) is 2. The summed E-state index contributed by atoms with van der Waals surface area (Å²) in [6.07, 6.45) is 4.03. The van der Waals surface area contributed by atoms with E-state index in [0.29, 0.717) is 41.3 Å². The number of hydrogen-bond acceptors (Lipinski definition) is 5. The van der Waals surface area contributed by atoms with Gasteiger partial charge in [-0.25, -0.2) is 9.59 Å². The number of anilines is 1. The molecule has 0 radical (unpaired) electrons. The third kappa shape index (κ3) is 4.87. The first-order valence-corrected chi connectivity index (χ1v) is 13.5. The fourth-order valence-corrected chi connectivity index (χ4v) is 6.92. The maximum Gasteiger partial charge on any atom is 0.338 e. The van der Waals surface area contributed by atoms with E-state index < -0.39 is 12.2 Å². The fraction of sp³-hybridized carbons (Fsp3) is 0.375. The van der Waals surface area contributed by atoms with Gasteiger partial charge in [0.2, 0.25) is 0 Å². The van der Waals surface area contributed by atoms with Crippen LogP contribution in [0.3, 0.4) is 0 Å². The van der Waals surface area contributed by atoms with Crippen LogP contribution in [-0.4, -0.2) is 36.7 Å². The summed E-state index contributed by atoms with van der Waals surface area (Å²) < 4.78 is 12.2. The SMILES string of the molecule is O=C(OC1CC2CCC3CCN(c4ccccc4)C3C2CC1OC(=O)c1ccccc1)c1ccccc1. The van der Waals surface area contributed by atoms with Crippen molar-refractivity contribution in [3.8, 4) is 0 Å². The monoisotopic (exact) mass is 495 g/mol. The molecule has 37 heavy (non-hydrogen) atoms. The number of para-hydroxylation sites is 1. The van der Waals surface area contributed by atoms with Crippen LogP contribution in [0.15, 0.2) is 91.0 Å². The van der Waals surface area contributed by atoms with E-state index in [2.05, 4.69) is 35.2 Å². The zero-order valence-corrected chi connectivity index (χ0v) is 20.9. The predicted molar refractivity (Wildman–Crippen MR) is 142 cm³/mol. The molecule has 5 heteroatoms. The number of fused-ring (bicyclic) bond motifs is 3. The van der Waals surface area contributed by atoms with E-state index in [4.69, 9.17) is 9.47 Å². The average molecular weight is 496 g/mol. The number of carbonyl (C=O) groups excluding carboxylic acids is 2. The van der Waals surface area contributed by atoms with E-state index in [1.54, 1.807) is 24.3 Å². The van der Waals surface area contributed by atoms with Gasteiger partial charge in [0.25, 0.3) is 0 Å². The van der Waals surface area contributed by atoms with Crippen LogP contribution in [-0.2, 0) is 9.47 Å². The van der Waals surface area contributed by atoms with Gasteiger partial charge in [-0.05, 0) is 86.3 Å². The third-order valence-electron chi connectivity index (χ3n) is 8.61. The topological polar surface area (TPSA) is 55.8 Å². The minimum Gasteiger partial charge on any atom is -0.455 e. The molecule has 6 unspecified atom stereocenters. The van der Waals surface area contributed by atoms with Crippen LogP contribution in [0.1, 0.15) is 52.8 Å². The molecule has 5 nitrogen and oxygen atoms in total. The molecule has 1 heterocycles. The summed E-state index contributed by atoms with van der Waals surface area (Å²) in [7, 11) is 0. The Morgan fingerprint density at radius 1 is 0.622 bits per heavy atom. The number of hydrogen-bond donors (Lipinski definition) is 0. The number of benzene rings is 3. The summed E-state index contributed by atoms with van der Waals surface area (Å²) in [6, 6.07) is 29.3. The van der Waals surface area contributed by atoms with Gasteiger partial charge in [0.15, 0.2) is 0 Å². The summed E-state index contributed by atoms with van der Waals surface area (Å²) in [5, 5.41) is 0. The lowest BCUT2D eigenvalue weighted by molar-refractivity contribution is -0.0861. The van der Waals surface area contributed by atoms with E-state index >= 15 is 0 Å². The van der Waals surface area contributed by atoms with Crippen molar-refractivity contribution in [1.82, 2.24) is 0 Å². The third-order valence-corrected chi connectivity index (χ3v) is 8.61. The number of carbonyl (C=O) groups is 2. The molecule has 3 aromatic rings. The van der Waals surface area contributed by atoms with Crippen molar-refractivity contribution in [2.45, 2.75) is 50.4 Å². The lowest BCUT2D eigenvalue weighted by Gasteiger charge is -2.49. The molecule has 6 atom stereocenters. The molecule has 3 aliphatic rings. The lowest BCUT2D eigenvalue weighted by atomic mass is 9.63. The van der Waals surface area contributed by atoms with Gasteiger partial charge >= 0.3 is 11.9 Å². The summed E-state index contributed by atoms with van der Waals surface area (Å²) in [5.74, 6) is 0.761. The Balaban J connectivity index is 1.27. The Morgan fingerprint density at radius 3 is 1.73 bits per heavy atom. The number of rotatable bonds is 5. The molecule has 1 aliphatic heterocycles. The van der Waals surface area contributed by atoms with E-state index in [-0.39, 0.29) is 11.9 Å². The fourth-order valence-electron chi connectivity index (χ4n) is 6.92. The quantitative estimate of drug-likeness (QED) is 0.397. The van der Waals surface area contributed by atoms with Crippen molar-refractivity contribution >= 4 is 17.6 Å². The van der Waals surface area contributed by atoms with E-state index in [1.165, 1.54) is 18.5 Å². The van der Waals surface area contributed by atoms with E-state index in [9.17, 15) is 9.59 Å². The summed E-state index contributed by atoms with van der Waals surface area (Å²) in [6.45, 7) is 1.06. The van der Waals surface area contributed by atoms with E-state index in [0.717, 1.165) is 19.4 Å². The number of nitrogens with zero attached hydrogens (tertiary/aromatic N) is 1. The van der Waals surface area contributed by atoms with Gasteiger partial charge < -0.3 is 14.4 Å². The Labute approximate surface area is 218 Å². The highest BCUT2D eigenvalue weighted by Gasteiger charge is 2.51. The zero-order chi connectivity index (χ0) is 25.2. The summed E-state index contributed by atoms with van der Waals surface area (Å²) >= 11 is 0. The Morgan fingerprint density at radius 2 is 1.14 bits per heavy atom. The largest absolute Gasteiger partial charge is 0.455 e. The van der Waals surface area contributed by atoms with Gasteiger partial charge in [-0.15, -0.1) is 0 Å². The first-order chi connectivity index (χ1) is 18.2. The standard InChI is InChI=1S/C32H33NO4/c34-31(23-10-4-1-5-11-23)36-28-20-25-17-16-22-18-19-33(26-14-8-3-9-15-26)30(22)27(25)21-29(28)37-32(35)24-12-6-2-7-13-24/h1-15,22,25,27-30H,16-21H2. The molecule has 0 aromatic heterocycles. The Hall–Kier alpha value is -3.60. The molecule has 0 N–H and O–H groups in total. The van der Waals surface area contributed by atoms with Crippen LogP contribution in [0.2, 0.25) is 0 Å². The van der Waals surface area contributed by atoms with Crippen molar-refractivity contribution < 1.29 is 19.1 Å². The molecule has 3 aromatic carbocycles. The average Bonchev–Trinajstić information content (AvgIpc) is 3.39. The molecule has 0 spiro atoms. The second-order valence-electron chi connectivity index (χ2n) is 10.7. The minimum absolute atomic E-state index is 0.356. The highest BCUT2D eigenvalue weighted by atomic mass is 16.6. The van der Waals surface area contributed by atoms with Crippen LogP contribution < -0.4 is 4.90 Å². The zero-order valence-electron chi connectivity index (χ0n) is 20.9. The predicted octanol–water partition coefficient (Wildman–Crippen LogP) is 6.15. The number of esters is 2. The van der Waals surface area contributed by atoms with Crippen LogP contribution in [0.4, 0.5) is 5.69 Å². The van der Waals surface area contributed by atoms with Crippen molar-refractivity contribution in [1.29, 1.82) is 0 Å². The van der Waals surface area contributed by atoms with Gasteiger partial charge in [-0.2, -0.15) is 0 Å². The van der Waals surface area contributed by atoms with Gasteiger partial charge in [0, 0.05) is 18.3 Å². The van der Waals surface area contributed by atoms with E-state index in [1.807, 2.05) is 36.4 Å². The first kappa shape index (κ1) is 23.8. The van der Waals surface area contributed by atoms with Gasteiger partial charge in [0.05, 0.1) is 11.1 Å². The van der Waals surface area contributed by atoms with Crippen LogP contribution in [0.25, 0.3) is 0 Å². The molecule has 2 saturated carbocycles. The molecule has 0 bridgehead atoms. The van der Waals surface area contributed by atoms with Crippen molar-refractivity contribution in [2.24, 2.45) is 17.8 Å². The normalized spacial score (nSPS) is 28.6. The van der Waals surface area contributed by atoms with Crippen LogP contribution in [0.5, 0.6) is 0 Å². The molecular formula is C32H33NO4. The first-order valence-electron chi connectivity index (χ1n) is 13.5. The van der Waals surface area contributed by atoms with Crippen molar-refractivity contribution in [3.05, 3.63) is 102 Å². The maximum absolute atomic E-state index is 13.1.